The maximum Gasteiger partial charge on any atom is 0.417 e. The van der Waals surface area contributed by atoms with E-state index >= 15 is 0 Å². The highest BCUT2D eigenvalue weighted by atomic mass is 19.4. The van der Waals surface area contributed by atoms with Gasteiger partial charge in [0.15, 0.2) is 0 Å². The maximum absolute atomic E-state index is 13.3. The van der Waals surface area contributed by atoms with Gasteiger partial charge in [-0.05, 0) is 30.3 Å². The molecule has 0 aromatic heterocycles. The normalized spacial score (nSPS) is 17.0. The average molecular weight is 403 g/mol. The third-order valence-corrected chi connectivity index (χ3v) is 4.87. The molecule has 152 valence electrons. The van der Waals surface area contributed by atoms with Gasteiger partial charge in [0, 0.05) is 32.2 Å². The van der Waals surface area contributed by atoms with Crippen molar-refractivity contribution in [3.05, 3.63) is 59.7 Å². The SMILES string of the molecule is CC(=O)N1CCN(c2ccc(C#N)c(C(F)(F)F)c2)CC1COc1ccccc1. The Morgan fingerprint density at radius 3 is 2.55 bits per heavy atom. The first kappa shape index (κ1) is 20.5. The number of anilines is 1. The first-order chi connectivity index (χ1) is 13.8. The van der Waals surface area contributed by atoms with Gasteiger partial charge in [-0.3, -0.25) is 4.79 Å². The van der Waals surface area contributed by atoms with Crippen LogP contribution in [-0.4, -0.2) is 43.1 Å². The summed E-state index contributed by atoms with van der Waals surface area (Å²) < 4.78 is 45.7. The fourth-order valence-electron chi connectivity index (χ4n) is 3.42. The predicted octanol–water partition coefficient (Wildman–Crippen LogP) is 3.69. The van der Waals surface area contributed by atoms with Crippen molar-refractivity contribution in [3.63, 3.8) is 0 Å². The number of halogens is 3. The smallest absolute Gasteiger partial charge is 0.417 e. The van der Waals surface area contributed by atoms with Gasteiger partial charge in [-0.15, -0.1) is 0 Å². The molecule has 0 N–H and O–H groups in total. The Morgan fingerprint density at radius 2 is 1.93 bits per heavy atom. The van der Waals surface area contributed by atoms with E-state index in [1.807, 2.05) is 18.2 Å². The number of ether oxygens (including phenoxy) is 1. The van der Waals surface area contributed by atoms with E-state index in [4.69, 9.17) is 10.00 Å². The van der Waals surface area contributed by atoms with Gasteiger partial charge in [-0.25, -0.2) is 0 Å². The molecule has 1 aliphatic rings. The molecule has 1 heterocycles. The number of amides is 1. The van der Waals surface area contributed by atoms with E-state index < -0.39 is 17.3 Å². The Morgan fingerprint density at radius 1 is 1.21 bits per heavy atom. The van der Waals surface area contributed by atoms with Crippen molar-refractivity contribution in [3.8, 4) is 11.8 Å². The number of piperazine rings is 1. The van der Waals surface area contributed by atoms with Gasteiger partial charge >= 0.3 is 6.18 Å². The number of hydrogen-bond donors (Lipinski definition) is 0. The number of rotatable bonds is 4. The zero-order valence-electron chi connectivity index (χ0n) is 15.8. The van der Waals surface area contributed by atoms with Gasteiger partial charge in [-0.1, -0.05) is 18.2 Å². The van der Waals surface area contributed by atoms with Crippen LogP contribution in [0.15, 0.2) is 48.5 Å². The van der Waals surface area contributed by atoms with Gasteiger partial charge in [0.1, 0.15) is 12.4 Å². The van der Waals surface area contributed by atoms with E-state index in [2.05, 4.69) is 0 Å². The van der Waals surface area contributed by atoms with E-state index in [1.165, 1.54) is 19.1 Å². The van der Waals surface area contributed by atoms with Crippen LogP contribution in [0.5, 0.6) is 5.75 Å². The molecule has 2 aromatic rings. The summed E-state index contributed by atoms with van der Waals surface area (Å²) in [5.74, 6) is 0.549. The summed E-state index contributed by atoms with van der Waals surface area (Å²) >= 11 is 0. The fraction of sp³-hybridized carbons (Fsp3) is 0.333. The van der Waals surface area contributed by atoms with E-state index in [0.29, 0.717) is 31.1 Å². The van der Waals surface area contributed by atoms with Crippen LogP contribution in [0.4, 0.5) is 18.9 Å². The molecular formula is C21H20F3N3O2. The summed E-state index contributed by atoms with van der Waals surface area (Å²) in [5, 5.41) is 8.97. The van der Waals surface area contributed by atoms with Gasteiger partial charge in [0.05, 0.1) is 23.2 Å². The lowest BCUT2D eigenvalue weighted by Gasteiger charge is -2.42. The lowest BCUT2D eigenvalue weighted by molar-refractivity contribution is -0.137. The molecule has 0 bridgehead atoms. The second-order valence-electron chi connectivity index (χ2n) is 6.78. The molecule has 8 heteroatoms. The van der Waals surface area contributed by atoms with Crippen molar-refractivity contribution >= 4 is 11.6 Å². The number of hydrogen-bond acceptors (Lipinski definition) is 4. The molecule has 2 aromatic carbocycles. The molecule has 29 heavy (non-hydrogen) atoms. The summed E-state index contributed by atoms with van der Waals surface area (Å²) in [4.78, 5) is 15.5. The first-order valence-corrected chi connectivity index (χ1v) is 9.11. The minimum Gasteiger partial charge on any atom is -0.491 e. The second kappa shape index (κ2) is 8.43. The van der Waals surface area contributed by atoms with E-state index in [0.717, 1.165) is 6.07 Å². The Balaban J connectivity index is 1.81. The van der Waals surface area contributed by atoms with Crippen molar-refractivity contribution < 1.29 is 22.7 Å². The minimum absolute atomic E-state index is 0.109. The molecule has 1 fully saturated rings. The van der Waals surface area contributed by atoms with Crippen LogP contribution in [0.1, 0.15) is 18.1 Å². The highest BCUT2D eigenvalue weighted by Crippen LogP contribution is 2.35. The van der Waals surface area contributed by atoms with Gasteiger partial charge < -0.3 is 14.5 Å². The van der Waals surface area contributed by atoms with Crippen molar-refractivity contribution in [1.82, 2.24) is 4.90 Å². The van der Waals surface area contributed by atoms with Gasteiger partial charge in [0.25, 0.3) is 0 Å². The number of para-hydroxylation sites is 1. The molecule has 0 spiro atoms. The first-order valence-electron chi connectivity index (χ1n) is 9.11. The number of carbonyl (C=O) groups is 1. The third kappa shape index (κ3) is 4.80. The Hall–Kier alpha value is -3.21. The molecule has 0 saturated carbocycles. The van der Waals surface area contributed by atoms with Crippen LogP contribution in [0.2, 0.25) is 0 Å². The molecular weight excluding hydrogens is 383 g/mol. The molecule has 1 unspecified atom stereocenters. The molecule has 5 nitrogen and oxygen atoms in total. The zero-order chi connectivity index (χ0) is 21.0. The predicted molar refractivity (Wildman–Crippen MR) is 101 cm³/mol. The van der Waals surface area contributed by atoms with Crippen LogP contribution in [-0.2, 0) is 11.0 Å². The van der Waals surface area contributed by atoms with Crippen LogP contribution >= 0.6 is 0 Å². The quantitative estimate of drug-likeness (QED) is 0.781. The van der Waals surface area contributed by atoms with E-state index in [1.54, 1.807) is 28.0 Å². The van der Waals surface area contributed by atoms with Crippen LogP contribution in [0, 0.1) is 11.3 Å². The summed E-state index contributed by atoms with van der Waals surface area (Å²) in [6.07, 6.45) is -4.61. The summed E-state index contributed by atoms with van der Waals surface area (Å²) in [5.41, 5.74) is -1.000. The second-order valence-corrected chi connectivity index (χ2v) is 6.78. The summed E-state index contributed by atoms with van der Waals surface area (Å²) in [7, 11) is 0. The van der Waals surface area contributed by atoms with Crippen molar-refractivity contribution in [2.24, 2.45) is 0 Å². The van der Waals surface area contributed by atoms with Crippen LogP contribution < -0.4 is 9.64 Å². The van der Waals surface area contributed by atoms with Crippen LogP contribution in [0.25, 0.3) is 0 Å². The van der Waals surface area contributed by atoms with E-state index in [-0.39, 0.29) is 18.6 Å². The number of benzene rings is 2. The molecule has 1 aliphatic heterocycles. The van der Waals surface area contributed by atoms with E-state index in [9.17, 15) is 18.0 Å². The topological polar surface area (TPSA) is 56.6 Å². The fourth-order valence-corrected chi connectivity index (χ4v) is 3.42. The highest BCUT2D eigenvalue weighted by molar-refractivity contribution is 5.74. The molecule has 0 radical (unpaired) electrons. The van der Waals surface area contributed by atoms with Gasteiger partial charge in [-0.2, -0.15) is 18.4 Å². The molecule has 1 atom stereocenters. The van der Waals surface area contributed by atoms with Crippen molar-refractivity contribution in [2.75, 3.05) is 31.1 Å². The molecule has 1 amide bonds. The number of nitrogens with zero attached hydrogens (tertiary/aromatic N) is 3. The zero-order valence-corrected chi connectivity index (χ0v) is 15.8. The third-order valence-electron chi connectivity index (χ3n) is 4.87. The lowest BCUT2D eigenvalue weighted by Crippen LogP contribution is -2.57. The van der Waals surface area contributed by atoms with Crippen molar-refractivity contribution in [1.29, 1.82) is 5.26 Å². The van der Waals surface area contributed by atoms with Gasteiger partial charge in [0.2, 0.25) is 5.91 Å². The summed E-state index contributed by atoms with van der Waals surface area (Å²) in [6, 6.07) is 14.1. The Bertz CT molecular complexity index is 910. The number of alkyl halides is 3. The standard InChI is InChI=1S/C21H20F3N3O2/c1-15(28)27-10-9-26(13-18(27)14-29-19-5-3-2-4-6-19)17-8-7-16(12-25)20(11-17)21(22,23)24/h2-8,11,18H,9-10,13-14H2,1H3. The van der Waals surface area contributed by atoms with Crippen molar-refractivity contribution in [2.45, 2.75) is 19.1 Å². The largest absolute Gasteiger partial charge is 0.491 e. The molecule has 1 saturated heterocycles. The summed E-state index contributed by atoms with van der Waals surface area (Å²) in [6.45, 7) is 2.79. The Kier molecular flexibility index (Phi) is 5.97. The Labute approximate surface area is 166 Å². The maximum atomic E-state index is 13.3. The lowest BCUT2D eigenvalue weighted by atomic mass is 10.1. The average Bonchev–Trinajstić information content (AvgIpc) is 2.71. The molecule has 0 aliphatic carbocycles. The monoisotopic (exact) mass is 403 g/mol. The minimum atomic E-state index is -4.61. The molecule has 3 rings (SSSR count). The number of carbonyl (C=O) groups excluding carboxylic acids is 1. The number of nitriles is 1. The highest BCUT2D eigenvalue weighted by Gasteiger charge is 2.35. The van der Waals surface area contributed by atoms with Crippen LogP contribution in [0.3, 0.4) is 0 Å².